The van der Waals surface area contributed by atoms with Crippen LogP contribution in [0.4, 0.5) is 0 Å². The first-order chi connectivity index (χ1) is 4.72. The van der Waals surface area contributed by atoms with E-state index in [0.717, 1.165) is 0 Å². The molecule has 0 aliphatic heterocycles. The number of carbonyl (C=O) groups excluding carboxylic acids is 1. The molecule has 0 heterocycles. The Bertz CT molecular complexity index is 101. The lowest BCUT2D eigenvalue weighted by Gasteiger charge is -2.14. The number of carbonyl (C=O) groups is 1. The van der Waals surface area contributed by atoms with E-state index in [1.807, 2.05) is 6.92 Å². The molecule has 0 aromatic heterocycles. The molecule has 0 N–H and O–H groups in total. The van der Waals surface area contributed by atoms with Crippen LogP contribution in [0, 0.1) is 5.92 Å². The fourth-order valence-electron chi connectivity index (χ4n) is 0.613. The number of carboxylic acid groups (broad SMARTS) is 1. The highest BCUT2D eigenvalue weighted by atomic mass is 16.5. The van der Waals surface area contributed by atoms with Crippen molar-refractivity contribution >= 4 is 5.97 Å². The van der Waals surface area contributed by atoms with Crippen LogP contribution in [0.5, 0.6) is 0 Å². The quantitative estimate of drug-likeness (QED) is 0.538. The number of rotatable bonds is 5. The summed E-state index contributed by atoms with van der Waals surface area (Å²) in [6.45, 7) is 4.47. The average Bonchev–Trinajstić information content (AvgIpc) is 1.89. The van der Waals surface area contributed by atoms with Crippen LogP contribution in [0.3, 0.4) is 0 Å². The lowest BCUT2D eigenvalue weighted by Crippen LogP contribution is -2.33. The van der Waals surface area contributed by atoms with Gasteiger partial charge in [-0.05, 0) is 13.3 Å². The highest BCUT2D eigenvalue weighted by molar-refractivity contribution is 5.67. The van der Waals surface area contributed by atoms with Gasteiger partial charge in [-0.25, -0.2) is 0 Å². The second-order valence-corrected chi connectivity index (χ2v) is 2.08. The SMILES string of the molecule is CCOCC(CC)C(=O)[O-]. The topological polar surface area (TPSA) is 49.4 Å². The summed E-state index contributed by atoms with van der Waals surface area (Å²) in [4.78, 5) is 10.2. The monoisotopic (exact) mass is 145 g/mol. The van der Waals surface area contributed by atoms with Gasteiger partial charge in [0.15, 0.2) is 0 Å². The van der Waals surface area contributed by atoms with Crippen LogP contribution in [0.1, 0.15) is 20.3 Å². The summed E-state index contributed by atoms with van der Waals surface area (Å²) in [5.41, 5.74) is 0. The maximum atomic E-state index is 10.2. The maximum Gasteiger partial charge on any atom is 0.0546 e. The molecule has 3 heteroatoms. The molecule has 0 fully saturated rings. The van der Waals surface area contributed by atoms with E-state index in [2.05, 4.69) is 0 Å². The van der Waals surface area contributed by atoms with E-state index >= 15 is 0 Å². The summed E-state index contributed by atoms with van der Waals surface area (Å²) in [5.74, 6) is -1.46. The molecule has 60 valence electrons. The molecule has 3 nitrogen and oxygen atoms in total. The number of ether oxygens (including phenoxy) is 1. The third-order valence-corrected chi connectivity index (χ3v) is 1.35. The lowest BCUT2D eigenvalue weighted by molar-refractivity contribution is -0.312. The first-order valence-corrected chi connectivity index (χ1v) is 3.50. The summed E-state index contributed by atoms with van der Waals surface area (Å²) >= 11 is 0. The largest absolute Gasteiger partial charge is 0.550 e. The van der Waals surface area contributed by atoms with Crippen molar-refractivity contribution in [2.45, 2.75) is 20.3 Å². The Morgan fingerprint density at radius 3 is 2.50 bits per heavy atom. The number of aliphatic carboxylic acids is 1. The van der Waals surface area contributed by atoms with E-state index in [1.54, 1.807) is 6.92 Å². The Morgan fingerprint density at radius 2 is 2.20 bits per heavy atom. The van der Waals surface area contributed by atoms with Gasteiger partial charge in [-0.15, -0.1) is 0 Å². The third-order valence-electron chi connectivity index (χ3n) is 1.35. The summed E-state index contributed by atoms with van der Waals surface area (Å²) in [6, 6.07) is 0. The molecule has 0 aliphatic carbocycles. The zero-order chi connectivity index (χ0) is 7.98. The van der Waals surface area contributed by atoms with Gasteiger partial charge in [-0.1, -0.05) is 6.92 Å². The second-order valence-electron chi connectivity index (χ2n) is 2.08. The smallest absolute Gasteiger partial charge is 0.0546 e. The third kappa shape index (κ3) is 3.45. The van der Waals surface area contributed by atoms with Crippen LogP contribution in [-0.2, 0) is 9.53 Å². The molecule has 0 amide bonds. The van der Waals surface area contributed by atoms with Gasteiger partial charge < -0.3 is 14.6 Å². The van der Waals surface area contributed by atoms with Gasteiger partial charge in [0.2, 0.25) is 0 Å². The molecule has 0 spiro atoms. The van der Waals surface area contributed by atoms with Crippen molar-refractivity contribution in [3.8, 4) is 0 Å². The van der Waals surface area contributed by atoms with E-state index in [0.29, 0.717) is 13.0 Å². The summed E-state index contributed by atoms with van der Waals surface area (Å²) in [7, 11) is 0. The molecule has 0 bridgehead atoms. The van der Waals surface area contributed by atoms with Crippen LogP contribution >= 0.6 is 0 Å². The van der Waals surface area contributed by atoms with E-state index in [1.165, 1.54) is 0 Å². The maximum absolute atomic E-state index is 10.2. The summed E-state index contributed by atoms with van der Waals surface area (Å²) in [5, 5.41) is 10.2. The van der Waals surface area contributed by atoms with Gasteiger partial charge in [0.1, 0.15) is 0 Å². The highest BCUT2D eigenvalue weighted by Gasteiger charge is 2.05. The van der Waals surface area contributed by atoms with Crippen molar-refractivity contribution in [1.29, 1.82) is 0 Å². The normalized spacial score (nSPS) is 13.0. The van der Waals surface area contributed by atoms with Gasteiger partial charge in [0, 0.05) is 18.5 Å². The van der Waals surface area contributed by atoms with Crippen LogP contribution < -0.4 is 5.11 Å². The number of hydrogen-bond acceptors (Lipinski definition) is 3. The number of hydrogen-bond donors (Lipinski definition) is 0. The predicted octanol–water partition coefficient (Wildman–Crippen LogP) is -0.201. The van der Waals surface area contributed by atoms with E-state index in [-0.39, 0.29) is 6.61 Å². The fraction of sp³-hybridized carbons (Fsp3) is 0.857. The molecule has 0 saturated carbocycles. The second kappa shape index (κ2) is 5.23. The summed E-state index contributed by atoms with van der Waals surface area (Å²) < 4.78 is 4.93. The van der Waals surface area contributed by atoms with E-state index < -0.39 is 11.9 Å². The van der Waals surface area contributed by atoms with E-state index in [9.17, 15) is 9.90 Å². The molecule has 1 unspecified atom stereocenters. The Balaban J connectivity index is 3.50. The first-order valence-electron chi connectivity index (χ1n) is 3.50. The van der Waals surface area contributed by atoms with Crippen molar-refractivity contribution in [2.75, 3.05) is 13.2 Å². The highest BCUT2D eigenvalue weighted by Crippen LogP contribution is 2.00. The van der Waals surface area contributed by atoms with Gasteiger partial charge in [-0.3, -0.25) is 0 Å². The molecule has 0 aromatic carbocycles. The summed E-state index contributed by atoms with van der Waals surface area (Å²) in [6.07, 6.45) is 0.572. The minimum atomic E-state index is -1.02. The molecule has 0 aliphatic rings. The van der Waals surface area contributed by atoms with E-state index in [4.69, 9.17) is 4.74 Å². The van der Waals surface area contributed by atoms with Crippen molar-refractivity contribution < 1.29 is 14.6 Å². The zero-order valence-corrected chi connectivity index (χ0v) is 6.42. The molecule has 1 atom stereocenters. The van der Waals surface area contributed by atoms with Crippen molar-refractivity contribution in [1.82, 2.24) is 0 Å². The fourth-order valence-corrected chi connectivity index (χ4v) is 0.613. The molecule has 0 aromatic rings. The molecule has 0 saturated heterocycles. The Hall–Kier alpha value is -0.570. The van der Waals surface area contributed by atoms with Crippen molar-refractivity contribution in [3.63, 3.8) is 0 Å². The average molecular weight is 145 g/mol. The Labute approximate surface area is 61.0 Å². The Morgan fingerprint density at radius 1 is 1.60 bits per heavy atom. The van der Waals surface area contributed by atoms with Crippen LogP contribution in [0.25, 0.3) is 0 Å². The van der Waals surface area contributed by atoms with Crippen molar-refractivity contribution in [2.24, 2.45) is 5.92 Å². The molecule has 0 rings (SSSR count). The number of carboxylic acids is 1. The lowest BCUT2D eigenvalue weighted by atomic mass is 10.1. The molecular weight excluding hydrogens is 132 g/mol. The van der Waals surface area contributed by atoms with Crippen LogP contribution in [0.2, 0.25) is 0 Å². The molecular formula is C7H13O3-. The minimum Gasteiger partial charge on any atom is -0.550 e. The zero-order valence-electron chi connectivity index (χ0n) is 6.42. The van der Waals surface area contributed by atoms with Gasteiger partial charge in [0.25, 0.3) is 0 Å². The van der Waals surface area contributed by atoms with Gasteiger partial charge in [-0.2, -0.15) is 0 Å². The van der Waals surface area contributed by atoms with Gasteiger partial charge in [0.05, 0.1) is 6.61 Å². The molecule has 0 radical (unpaired) electrons. The van der Waals surface area contributed by atoms with Crippen molar-refractivity contribution in [3.05, 3.63) is 0 Å². The van der Waals surface area contributed by atoms with Crippen LogP contribution in [0.15, 0.2) is 0 Å². The molecule has 10 heavy (non-hydrogen) atoms. The van der Waals surface area contributed by atoms with Gasteiger partial charge >= 0.3 is 0 Å². The first kappa shape index (κ1) is 9.43. The standard InChI is InChI=1S/C7H14O3/c1-3-6(7(8)9)5-10-4-2/h6H,3-5H2,1-2H3,(H,8,9)/p-1. The minimum absolute atomic E-state index is 0.273. The van der Waals surface area contributed by atoms with Crippen LogP contribution in [-0.4, -0.2) is 19.2 Å². The predicted molar refractivity (Wildman–Crippen MR) is 35.3 cm³/mol. The Kier molecular flexibility index (Phi) is 4.94.